The SMILES string of the molecule is COCC(=O)N1CCCC1c1nc(N(C)C)ncc1-c1ccccc1. The molecule has 0 spiro atoms. The molecule has 1 aromatic heterocycles. The molecular weight excluding hydrogens is 316 g/mol. The van der Waals surface area contributed by atoms with Crippen molar-refractivity contribution in [2.24, 2.45) is 0 Å². The molecule has 3 rings (SSSR count). The van der Waals surface area contributed by atoms with Crippen molar-refractivity contribution >= 4 is 11.9 Å². The van der Waals surface area contributed by atoms with Gasteiger partial charge in [-0.25, -0.2) is 9.97 Å². The molecule has 0 aliphatic carbocycles. The van der Waals surface area contributed by atoms with E-state index in [1.54, 1.807) is 7.11 Å². The van der Waals surface area contributed by atoms with Crippen LogP contribution in [0.1, 0.15) is 24.6 Å². The first-order valence-electron chi connectivity index (χ1n) is 8.50. The van der Waals surface area contributed by atoms with Gasteiger partial charge in [-0.15, -0.1) is 0 Å². The predicted octanol–water partition coefficient (Wildman–Crippen LogP) is 2.52. The Labute approximate surface area is 148 Å². The molecule has 1 unspecified atom stereocenters. The number of nitrogens with zero attached hydrogens (tertiary/aromatic N) is 4. The largest absolute Gasteiger partial charge is 0.375 e. The summed E-state index contributed by atoms with van der Waals surface area (Å²) in [4.78, 5) is 25.5. The van der Waals surface area contributed by atoms with E-state index in [1.165, 1.54) is 0 Å². The van der Waals surface area contributed by atoms with Crippen molar-refractivity contribution in [1.82, 2.24) is 14.9 Å². The number of hydrogen-bond donors (Lipinski definition) is 0. The lowest BCUT2D eigenvalue weighted by Crippen LogP contribution is -2.34. The molecule has 6 nitrogen and oxygen atoms in total. The molecule has 2 aromatic rings. The Kier molecular flexibility index (Phi) is 5.28. The molecule has 1 saturated heterocycles. The summed E-state index contributed by atoms with van der Waals surface area (Å²) < 4.78 is 5.04. The minimum Gasteiger partial charge on any atom is -0.375 e. The zero-order valence-electron chi connectivity index (χ0n) is 15.0. The Morgan fingerprint density at radius 3 is 2.76 bits per heavy atom. The van der Waals surface area contributed by atoms with Crippen LogP contribution in [-0.2, 0) is 9.53 Å². The van der Waals surface area contributed by atoms with Crippen LogP contribution in [0.3, 0.4) is 0 Å². The van der Waals surface area contributed by atoms with Crippen LogP contribution in [-0.4, -0.2) is 55.1 Å². The maximum atomic E-state index is 12.4. The summed E-state index contributed by atoms with van der Waals surface area (Å²) in [6.07, 6.45) is 3.74. The molecule has 25 heavy (non-hydrogen) atoms. The Hall–Kier alpha value is -2.47. The normalized spacial score (nSPS) is 16.9. The number of likely N-dealkylation sites (tertiary alicyclic amines) is 1. The molecule has 0 radical (unpaired) electrons. The number of amides is 1. The van der Waals surface area contributed by atoms with Gasteiger partial charge in [0.05, 0.1) is 11.7 Å². The summed E-state index contributed by atoms with van der Waals surface area (Å²) in [5.41, 5.74) is 2.95. The second kappa shape index (κ2) is 7.61. The number of carbonyl (C=O) groups is 1. The van der Waals surface area contributed by atoms with Crippen LogP contribution >= 0.6 is 0 Å². The van der Waals surface area contributed by atoms with Crippen molar-refractivity contribution in [1.29, 1.82) is 0 Å². The summed E-state index contributed by atoms with van der Waals surface area (Å²) in [5, 5.41) is 0. The van der Waals surface area contributed by atoms with E-state index >= 15 is 0 Å². The van der Waals surface area contributed by atoms with Gasteiger partial charge in [0.25, 0.3) is 0 Å². The third-order valence-corrected chi connectivity index (χ3v) is 4.45. The van der Waals surface area contributed by atoms with E-state index in [1.807, 2.05) is 60.4 Å². The van der Waals surface area contributed by atoms with Crippen LogP contribution < -0.4 is 4.90 Å². The standard InChI is InChI=1S/C19H24N4O2/c1-22(2)19-20-12-15(14-8-5-4-6-9-14)18(21-19)16-10-7-11-23(16)17(24)13-25-3/h4-6,8-9,12,16H,7,10-11,13H2,1-3H3. The van der Waals surface area contributed by atoms with Gasteiger partial charge in [-0.2, -0.15) is 0 Å². The number of ether oxygens (including phenoxy) is 1. The third kappa shape index (κ3) is 3.64. The first kappa shape index (κ1) is 17.4. The zero-order valence-corrected chi connectivity index (χ0v) is 15.0. The Morgan fingerprint density at radius 2 is 2.08 bits per heavy atom. The van der Waals surface area contributed by atoms with E-state index in [9.17, 15) is 4.79 Å². The summed E-state index contributed by atoms with van der Waals surface area (Å²) in [5.74, 6) is 0.662. The fourth-order valence-electron chi connectivity index (χ4n) is 3.25. The fourth-order valence-corrected chi connectivity index (χ4v) is 3.25. The quantitative estimate of drug-likeness (QED) is 0.837. The number of carbonyl (C=O) groups excluding carboxylic acids is 1. The van der Waals surface area contributed by atoms with Gasteiger partial charge in [0.15, 0.2) is 0 Å². The van der Waals surface area contributed by atoms with Crippen molar-refractivity contribution in [3.05, 3.63) is 42.2 Å². The van der Waals surface area contributed by atoms with Gasteiger partial charge >= 0.3 is 0 Å². The van der Waals surface area contributed by atoms with E-state index in [2.05, 4.69) is 4.98 Å². The predicted molar refractivity (Wildman–Crippen MR) is 97.4 cm³/mol. The van der Waals surface area contributed by atoms with Crippen LogP contribution in [0.2, 0.25) is 0 Å². The average molecular weight is 340 g/mol. The highest BCUT2D eigenvalue weighted by molar-refractivity contribution is 5.79. The lowest BCUT2D eigenvalue weighted by Gasteiger charge is -2.26. The monoisotopic (exact) mass is 340 g/mol. The zero-order chi connectivity index (χ0) is 17.8. The molecule has 1 aliphatic rings. The minimum atomic E-state index is -0.0421. The summed E-state index contributed by atoms with van der Waals surface area (Å²) in [6, 6.07) is 10.0. The number of aromatic nitrogens is 2. The van der Waals surface area contributed by atoms with E-state index in [-0.39, 0.29) is 18.6 Å². The maximum absolute atomic E-state index is 12.4. The molecule has 0 saturated carbocycles. The van der Waals surface area contributed by atoms with Crippen molar-refractivity contribution in [2.45, 2.75) is 18.9 Å². The Balaban J connectivity index is 2.06. The van der Waals surface area contributed by atoms with Crippen molar-refractivity contribution in [3.8, 4) is 11.1 Å². The van der Waals surface area contributed by atoms with Gasteiger partial charge in [-0.05, 0) is 18.4 Å². The van der Waals surface area contributed by atoms with Gasteiger partial charge < -0.3 is 14.5 Å². The Morgan fingerprint density at radius 1 is 1.32 bits per heavy atom. The highest BCUT2D eigenvalue weighted by Gasteiger charge is 2.33. The Bertz CT molecular complexity index is 733. The molecule has 1 amide bonds. The number of benzene rings is 1. The van der Waals surface area contributed by atoms with Crippen LogP contribution in [0.25, 0.3) is 11.1 Å². The lowest BCUT2D eigenvalue weighted by molar-refractivity contribution is -0.136. The molecule has 1 atom stereocenters. The van der Waals surface area contributed by atoms with E-state index in [0.717, 1.165) is 36.2 Å². The molecule has 1 aromatic carbocycles. The summed E-state index contributed by atoms with van der Waals surface area (Å²) >= 11 is 0. The molecule has 2 heterocycles. The maximum Gasteiger partial charge on any atom is 0.249 e. The van der Waals surface area contributed by atoms with Gasteiger partial charge in [0.1, 0.15) is 6.61 Å². The summed E-state index contributed by atoms with van der Waals surface area (Å²) in [7, 11) is 5.39. The molecule has 1 aliphatic heterocycles. The number of methoxy groups -OCH3 is 1. The summed E-state index contributed by atoms with van der Waals surface area (Å²) in [6.45, 7) is 0.838. The van der Waals surface area contributed by atoms with Gasteiger partial charge in [0, 0.05) is 39.5 Å². The highest BCUT2D eigenvalue weighted by atomic mass is 16.5. The van der Waals surface area contributed by atoms with Crippen LogP contribution in [0.5, 0.6) is 0 Å². The number of rotatable bonds is 5. The second-order valence-corrected chi connectivity index (χ2v) is 6.41. The third-order valence-electron chi connectivity index (χ3n) is 4.45. The molecule has 0 bridgehead atoms. The smallest absolute Gasteiger partial charge is 0.249 e. The first-order chi connectivity index (χ1) is 12.1. The topological polar surface area (TPSA) is 58.6 Å². The molecular formula is C19H24N4O2. The average Bonchev–Trinajstić information content (AvgIpc) is 3.12. The van der Waals surface area contributed by atoms with E-state index in [4.69, 9.17) is 9.72 Å². The van der Waals surface area contributed by atoms with Gasteiger partial charge in [-0.3, -0.25) is 4.79 Å². The molecule has 1 fully saturated rings. The van der Waals surface area contributed by atoms with Gasteiger partial charge in [0.2, 0.25) is 11.9 Å². The van der Waals surface area contributed by atoms with Crippen LogP contribution in [0.15, 0.2) is 36.5 Å². The molecule has 0 N–H and O–H groups in total. The highest BCUT2D eigenvalue weighted by Crippen LogP contribution is 2.37. The fraction of sp³-hybridized carbons (Fsp3) is 0.421. The van der Waals surface area contributed by atoms with Gasteiger partial charge in [-0.1, -0.05) is 30.3 Å². The van der Waals surface area contributed by atoms with Crippen LogP contribution in [0, 0.1) is 0 Å². The minimum absolute atomic E-state index is 0.00836. The first-order valence-corrected chi connectivity index (χ1v) is 8.50. The molecule has 6 heteroatoms. The lowest BCUT2D eigenvalue weighted by atomic mass is 10.00. The van der Waals surface area contributed by atoms with Crippen LogP contribution in [0.4, 0.5) is 5.95 Å². The van der Waals surface area contributed by atoms with E-state index < -0.39 is 0 Å². The van der Waals surface area contributed by atoms with Crippen molar-refractivity contribution in [2.75, 3.05) is 39.3 Å². The van der Waals surface area contributed by atoms with Crippen molar-refractivity contribution in [3.63, 3.8) is 0 Å². The number of anilines is 1. The second-order valence-electron chi connectivity index (χ2n) is 6.41. The molecule has 132 valence electrons. The van der Waals surface area contributed by atoms with Crippen molar-refractivity contribution < 1.29 is 9.53 Å². The van der Waals surface area contributed by atoms with E-state index in [0.29, 0.717) is 5.95 Å². The number of hydrogen-bond acceptors (Lipinski definition) is 5.